The minimum absolute atomic E-state index is 0.143. The minimum Gasteiger partial charge on any atom is -0.457 e. The van der Waals surface area contributed by atoms with Gasteiger partial charge >= 0.3 is 5.97 Å². The Balaban J connectivity index is 2.14. The lowest BCUT2D eigenvalue weighted by molar-refractivity contribution is -0.142. The summed E-state index contributed by atoms with van der Waals surface area (Å²) in [5.41, 5.74) is 3.22. The number of rotatable bonds is 3. The number of benzene rings is 1. The smallest absolute Gasteiger partial charge is 0.342 e. The van der Waals surface area contributed by atoms with Gasteiger partial charge in [-0.3, -0.25) is 0 Å². The van der Waals surface area contributed by atoms with Crippen molar-refractivity contribution in [3.05, 3.63) is 41.7 Å². The molecule has 122 valence electrons. The zero-order valence-electron chi connectivity index (χ0n) is 13.6. The fourth-order valence-corrected chi connectivity index (χ4v) is 3.06. The first kappa shape index (κ1) is 15.6. The summed E-state index contributed by atoms with van der Waals surface area (Å²) < 4.78 is 5.30. The maximum atomic E-state index is 12.5. The molecule has 3 rings (SSSR count). The van der Waals surface area contributed by atoms with Gasteiger partial charge in [0.25, 0.3) is 0 Å². The summed E-state index contributed by atoms with van der Waals surface area (Å²) in [6, 6.07) is 8.04. The van der Waals surface area contributed by atoms with Crippen LogP contribution in [0.3, 0.4) is 0 Å². The number of hydrogen-bond acceptors (Lipinski definition) is 4. The van der Waals surface area contributed by atoms with Crippen LogP contribution in [0.15, 0.2) is 30.5 Å². The molecule has 0 bridgehead atoms. The number of esters is 1. The third kappa shape index (κ3) is 2.72. The second-order valence-electron chi connectivity index (χ2n) is 6.64. The highest BCUT2D eigenvalue weighted by atomic mass is 16.5. The normalized spacial score (nSPS) is 17.7. The number of fused-ring (bicyclic) bond motifs is 3. The highest BCUT2D eigenvalue weighted by Crippen LogP contribution is 2.38. The molecular weight excluding hydrogens is 292 g/mol. The van der Waals surface area contributed by atoms with Crippen molar-refractivity contribution in [2.75, 3.05) is 13.2 Å². The molecule has 5 nitrogen and oxygen atoms in total. The molecule has 1 aromatic carbocycles. The molecule has 0 amide bonds. The van der Waals surface area contributed by atoms with E-state index in [2.05, 4.69) is 30.2 Å². The van der Waals surface area contributed by atoms with E-state index in [1.807, 2.05) is 18.2 Å². The molecule has 5 heteroatoms. The van der Waals surface area contributed by atoms with Crippen molar-refractivity contribution < 1.29 is 14.6 Å². The SMILES string of the molecule is CC(CO)OC(=O)C1=CNCC(C)(C)c2c1[nH]c1ccccc21. The van der Waals surface area contributed by atoms with Crippen LogP contribution in [0.1, 0.15) is 32.0 Å². The summed E-state index contributed by atoms with van der Waals surface area (Å²) in [7, 11) is 0. The van der Waals surface area contributed by atoms with Crippen LogP contribution in [0.25, 0.3) is 16.5 Å². The van der Waals surface area contributed by atoms with Crippen molar-refractivity contribution in [3.63, 3.8) is 0 Å². The van der Waals surface area contributed by atoms with Crippen LogP contribution < -0.4 is 5.32 Å². The summed E-state index contributed by atoms with van der Waals surface area (Å²) in [5, 5.41) is 13.4. The summed E-state index contributed by atoms with van der Waals surface area (Å²) in [6.07, 6.45) is 1.17. The number of aliphatic hydroxyl groups excluding tert-OH is 1. The average Bonchev–Trinajstić information content (AvgIpc) is 2.84. The van der Waals surface area contributed by atoms with Crippen molar-refractivity contribution in [1.29, 1.82) is 0 Å². The number of carbonyl (C=O) groups is 1. The van der Waals surface area contributed by atoms with Crippen LogP contribution in [0.5, 0.6) is 0 Å². The van der Waals surface area contributed by atoms with E-state index in [1.54, 1.807) is 13.1 Å². The van der Waals surface area contributed by atoms with Gasteiger partial charge in [0.15, 0.2) is 0 Å². The monoisotopic (exact) mass is 314 g/mol. The number of para-hydroxylation sites is 1. The van der Waals surface area contributed by atoms with E-state index in [1.165, 1.54) is 0 Å². The summed E-state index contributed by atoms with van der Waals surface area (Å²) >= 11 is 0. The molecule has 0 fully saturated rings. The maximum absolute atomic E-state index is 12.5. The summed E-state index contributed by atoms with van der Waals surface area (Å²) in [6.45, 7) is 6.49. The lowest BCUT2D eigenvalue weighted by Gasteiger charge is -2.24. The molecule has 0 radical (unpaired) electrons. The van der Waals surface area contributed by atoms with Gasteiger partial charge in [-0.15, -0.1) is 0 Å². The van der Waals surface area contributed by atoms with Crippen LogP contribution >= 0.6 is 0 Å². The minimum atomic E-state index is -0.535. The number of ether oxygens (including phenoxy) is 1. The first-order valence-electron chi connectivity index (χ1n) is 7.81. The van der Waals surface area contributed by atoms with Crippen LogP contribution in [-0.4, -0.2) is 35.3 Å². The van der Waals surface area contributed by atoms with E-state index in [4.69, 9.17) is 9.84 Å². The van der Waals surface area contributed by atoms with Crippen molar-refractivity contribution >= 4 is 22.4 Å². The van der Waals surface area contributed by atoms with E-state index in [0.29, 0.717) is 12.1 Å². The maximum Gasteiger partial charge on any atom is 0.342 e. The molecule has 23 heavy (non-hydrogen) atoms. The quantitative estimate of drug-likeness (QED) is 0.760. The topological polar surface area (TPSA) is 74.3 Å². The Morgan fingerprint density at radius 3 is 2.87 bits per heavy atom. The Bertz CT molecular complexity index is 774. The van der Waals surface area contributed by atoms with Crippen LogP contribution in [0.2, 0.25) is 0 Å². The van der Waals surface area contributed by atoms with E-state index in [0.717, 1.165) is 22.2 Å². The van der Waals surface area contributed by atoms with Crippen LogP contribution in [0.4, 0.5) is 0 Å². The number of aliphatic hydroxyl groups is 1. The zero-order valence-corrected chi connectivity index (χ0v) is 13.6. The lowest BCUT2D eigenvalue weighted by atomic mass is 9.82. The number of carbonyl (C=O) groups excluding carboxylic acids is 1. The van der Waals surface area contributed by atoms with Crippen molar-refractivity contribution in [2.24, 2.45) is 0 Å². The molecule has 1 unspecified atom stereocenters. The van der Waals surface area contributed by atoms with Crippen LogP contribution in [0, 0.1) is 0 Å². The van der Waals surface area contributed by atoms with Gasteiger partial charge in [0.05, 0.1) is 17.9 Å². The highest BCUT2D eigenvalue weighted by molar-refractivity contribution is 6.18. The standard InChI is InChI=1S/C18H22N2O3/c1-11(9-21)23-17(22)13-8-19-10-18(2,3)15-12-6-4-5-7-14(12)20-16(13)15/h4-8,11,19-21H,9-10H2,1-3H3. The molecule has 0 spiro atoms. The molecule has 1 aromatic heterocycles. The van der Waals surface area contributed by atoms with E-state index in [-0.39, 0.29) is 12.0 Å². The molecule has 0 aliphatic carbocycles. The van der Waals surface area contributed by atoms with Crippen molar-refractivity contribution in [2.45, 2.75) is 32.3 Å². The van der Waals surface area contributed by atoms with Crippen molar-refractivity contribution in [3.8, 4) is 0 Å². The number of hydrogen-bond donors (Lipinski definition) is 3. The van der Waals surface area contributed by atoms with Gasteiger partial charge in [-0.1, -0.05) is 32.0 Å². The summed E-state index contributed by atoms with van der Waals surface area (Å²) in [4.78, 5) is 15.9. The number of aromatic amines is 1. The number of H-pyrrole nitrogens is 1. The first-order valence-corrected chi connectivity index (χ1v) is 7.81. The average molecular weight is 314 g/mol. The second-order valence-corrected chi connectivity index (χ2v) is 6.64. The summed E-state index contributed by atoms with van der Waals surface area (Å²) in [5.74, 6) is -0.440. The molecule has 1 aliphatic rings. The fourth-order valence-electron chi connectivity index (χ4n) is 3.06. The van der Waals surface area contributed by atoms with Gasteiger partial charge in [0, 0.05) is 29.1 Å². The molecule has 0 saturated heterocycles. The zero-order chi connectivity index (χ0) is 16.6. The third-order valence-corrected chi connectivity index (χ3v) is 4.23. The lowest BCUT2D eigenvalue weighted by Crippen LogP contribution is -2.29. The van der Waals surface area contributed by atoms with Crippen molar-refractivity contribution in [1.82, 2.24) is 10.3 Å². The van der Waals surface area contributed by atoms with Gasteiger partial charge in [0.1, 0.15) is 6.10 Å². The molecule has 2 heterocycles. The Morgan fingerprint density at radius 2 is 2.13 bits per heavy atom. The van der Waals surface area contributed by atoms with Gasteiger partial charge in [-0.2, -0.15) is 0 Å². The molecule has 0 saturated carbocycles. The molecule has 1 atom stereocenters. The predicted octanol–water partition coefficient (Wildman–Crippen LogP) is 2.31. The third-order valence-electron chi connectivity index (χ3n) is 4.23. The predicted molar refractivity (Wildman–Crippen MR) is 89.9 cm³/mol. The Labute approximate surface area is 135 Å². The molecule has 3 N–H and O–H groups in total. The van der Waals surface area contributed by atoms with E-state index in [9.17, 15) is 4.79 Å². The Kier molecular flexibility index (Phi) is 3.90. The Morgan fingerprint density at radius 1 is 1.39 bits per heavy atom. The van der Waals surface area contributed by atoms with Gasteiger partial charge in [0.2, 0.25) is 0 Å². The van der Waals surface area contributed by atoms with Crippen LogP contribution in [-0.2, 0) is 14.9 Å². The largest absolute Gasteiger partial charge is 0.457 e. The molecule has 2 aromatic rings. The second kappa shape index (κ2) is 5.74. The van der Waals surface area contributed by atoms with E-state index < -0.39 is 12.1 Å². The molecular formula is C18H22N2O3. The highest BCUT2D eigenvalue weighted by Gasteiger charge is 2.33. The first-order chi connectivity index (χ1) is 10.9. The Hall–Kier alpha value is -2.27. The fraction of sp³-hybridized carbons (Fsp3) is 0.389. The van der Waals surface area contributed by atoms with Gasteiger partial charge in [-0.25, -0.2) is 4.79 Å². The van der Waals surface area contributed by atoms with Gasteiger partial charge in [-0.05, 0) is 18.6 Å². The molecule has 1 aliphatic heterocycles. The number of nitrogens with one attached hydrogen (secondary N) is 2. The van der Waals surface area contributed by atoms with Gasteiger partial charge < -0.3 is 20.1 Å². The number of aromatic nitrogens is 1. The van der Waals surface area contributed by atoms with E-state index >= 15 is 0 Å².